The number of rotatable bonds is 6. The van der Waals surface area contributed by atoms with Gasteiger partial charge in [-0.25, -0.2) is 9.37 Å². The van der Waals surface area contributed by atoms with Crippen molar-refractivity contribution in [3.05, 3.63) is 96.3 Å². The molecule has 10 heteroatoms. The fourth-order valence-electron chi connectivity index (χ4n) is 3.14. The zero-order valence-electron chi connectivity index (χ0n) is 17.8. The molecule has 4 rings (SSSR count). The first-order valence-electron chi connectivity index (χ1n) is 10.0. The van der Waals surface area contributed by atoms with Gasteiger partial charge in [-0.15, -0.1) is 0 Å². The number of nitrogens with zero attached hydrogens (tertiary/aromatic N) is 3. The van der Waals surface area contributed by atoms with E-state index in [1.807, 2.05) is 12.1 Å². The molecule has 172 valence electrons. The highest BCUT2D eigenvalue weighted by Crippen LogP contribution is 2.22. The Morgan fingerprint density at radius 3 is 2.82 bits per heavy atom. The average Bonchev–Trinajstić information content (AvgIpc) is 2.79. The molecule has 0 aliphatic carbocycles. The molecule has 0 atom stereocenters. The smallest absolute Gasteiger partial charge is 0.282 e. The predicted octanol–water partition coefficient (Wildman–Crippen LogP) is 5.11. The van der Waals surface area contributed by atoms with Crippen LogP contribution < -0.4 is 15.6 Å². The summed E-state index contributed by atoms with van der Waals surface area (Å²) in [4.78, 5) is 29.4. The highest BCUT2D eigenvalue weighted by molar-refractivity contribution is 14.1. The lowest BCUT2D eigenvalue weighted by Gasteiger charge is -2.10. The average molecular weight is 635 g/mol. The molecular formula is C24H17BrFIN4O3. The molecule has 34 heavy (non-hydrogen) atoms. The van der Waals surface area contributed by atoms with Crippen molar-refractivity contribution in [2.45, 2.75) is 6.92 Å². The molecule has 0 spiro atoms. The van der Waals surface area contributed by atoms with Gasteiger partial charge in [-0.1, -0.05) is 22.0 Å². The Morgan fingerprint density at radius 1 is 1.24 bits per heavy atom. The SMILES string of the molecule is Cc1nc2ccc(Br)cc2c(=O)n1N=Cc1ccc(OCC(=O)Nc2cccc(F)c2)c(I)c1. The van der Waals surface area contributed by atoms with E-state index >= 15 is 0 Å². The van der Waals surface area contributed by atoms with E-state index in [2.05, 4.69) is 53.9 Å². The van der Waals surface area contributed by atoms with Gasteiger partial charge in [0.15, 0.2) is 6.61 Å². The summed E-state index contributed by atoms with van der Waals surface area (Å²) in [5, 5.41) is 7.36. The number of hydrogen-bond acceptors (Lipinski definition) is 5. The number of fused-ring (bicyclic) bond motifs is 1. The van der Waals surface area contributed by atoms with Gasteiger partial charge >= 0.3 is 0 Å². The first kappa shape index (κ1) is 24.0. The molecule has 0 fully saturated rings. The number of ether oxygens (including phenoxy) is 1. The summed E-state index contributed by atoms with van der Waals surface area (Å²) < 4.78 is 21.6. The Kier molecular flexibility index (Phi) is 7.37. The van der Waals surface area contributed by atoms with Crippen molar-refractivity contribution in [3.8, 4) is 5.75 Å². The number of nitrogens with one attached hydrogen (secondary N) is 1. The van der Waals surface area contributed by atoms with Crippen molar-refractivity contribution in [1.29, 1.82) is 0 Å². The number of anilines is 1. The van der Waals surface area contributed by atoms with Crippen molar-refractivity contribution in [1.82, 2.24) is 9.66 Å². The minimum absolute atomic E-state index is 0.229. The van der Waals surface area contributed by atoms with E-state index in [1.54, 1.807) is 43.5 Å². The number of amides is 1. The molecule has 1 N–H and O–H groups in total. The molecule has 0 aliphatic heterocycles. The van der Waals surface area contributed by atoms with E-state index in [9.17, 15) is 14.0 Å². The van der Waals surface area contributed by atoms with Crippen LogP contribution in [0.5, 0.6) is 5.75 Å². The minimum Gasteiger partial charge on any atom is -0.483 e. The second-order valence-corrected chi connectivity index (χ2v) is 9.30. The minimum atomic E-state index is -0.435. The molecule has 0 bridgehead atoms. The maximum atomic E-state index is 13.2. The third kappa shape index (κ3) is 5.68. The van der Waals surface area contributed by atoms with Crippen molar-refractivity contribution >= 4 is 67.2 Å². The topological polar surface area (TPSA) is 85.6 Å². The molecule has 0 saturated heterocycles. The second-order valence-electron chi connectivity index (χ2n) is 7.22. The lowest BCUT2D eigenvalue weighted by molar-refractivity contribution is -0.118. The van der Waals surface area contributed by atoms with Crippen molar-refractivity contribution < 1.29 is 13.9 Å². The van der Waals surface area contributed by atoms with Crippen LogP contribution in [0.4, 0.5) is 10.1 Å². The molecule has 1 amide bonds. The maximum Gasteiger partial charge on any atom is 0.282 e. The largest absolute Gasteiger partial charge is 0.483 e. The van der Waals surface area contributed by atoms with E-state index in [-0.39, 0.29) is 12.2 Å². The normalized spacial score (nSPS) is 11.2. The van der Waals surface area contributed by atoms with Gasteiger partial charge in [-0.2, -0.15) is 9.78 Å². The van der Waals surface area contributed by atoms with Crippen LogP contribution in [0, 0.1) is 16.3 Å². The first-order chi connectivity index (χ1) is 16.3. The summed E-state index contributed by atoms with van der Waals surface area (Å²) in [6.07, 6.45) is 1.56. The standard InChI is InChI=1S/C24H17BrFIN4O3/c1-14-29-21-7-6-16(25)10-19(21)24(33)31(14)28-12-15-5-8-22(20(27)9-15)34-13-23(32)30-18-4-2-3-17(26)11-18/h2-12H,13H2,1H3,(H,30,32). The van der Waals surface area contributed by atoms with Crippen LogP contribution in [0.15, 0.2) is 75.0 Å². The van der Waals surface area contributed by atoms with Crippen LogP contribution >= 0.6 is 38.5 Å². The Labute approximate surface area is 215 Å². The molecule has 4 aromatic rings. The number of carbonyl (C=O) groups is 1. The summed E-state index contributed by atoms with van der Waals surface area (Å²) in [6, 6.07) is 16.2. The molecule has 3 aromatic carbocycles. The highest BCUT2D eigenvalue weighted by Gasteiger charge is 2.09. The number of halogens is 3. The quantitative estimate of drug-likeness (QED) is 0.236. The summed E-state index contributed by atoms with van der Waals surface area (Å²) >= 11 is 5.46. The van der Waals surface area contributed by atoms with Crippen LogP contribution in [0.25, 0.3) is 10.9 Å². The van der Waals surface area contributed by atoms with Gasteiger partial charge in [0.25, 0.3) is 11.5 Å². The second kappa shape index (κ2) is 10.4. The molecular weight excluding hydrogens is 618 g/mol. The Balaban J connectivity index is 1.46. The maximum absolute atomic E-state index is 13.2. The van der Waals surface area contributed by atoms with Gasteiger partial charge < -0.3 is 10.1 Å². The van der Waals surface area contributed by atoms with Crippen LogP contribution in [0.2, 0.25) is 0 Å². The van der Waals surface area contributed by atoms with E-state index in [1.165, 1.54) is 22.9 Å². The first-order valence-corrected chi connectivity index (χ1v) is 11.9. The van der Waals surface area contributed by atoms with E-state index in [4.69, 9.17) is 4.74 Å². The Hall–Kier alpha value is -3.12. The highest BCUT2D eigenvalue weighted by atomic mass is 127. The van der Waals surface area contributed by atoms with Gasteiger partial charge in [-0.05, 0) is 89.7 Å². The van der Waals surface area contributed by atoms with Gasteiger partial charge in [0.2, 0.25) is 0 Å². The molecule has 7 nitrogen and oxygen atoms in total. The van der Waals surface area contributed by atoms with Crippen LogP contribution in [-0.2, 0) is 4.79 Å². The summed E-state index contributed by atoms with van der Waals surface area (Å²) in [5.41, 5.74) is 1.44. The molecule has 0 aliphatic rings. The van der Waals surface area contributed by atoms with Gasteiger partial charge in [0.05, 0.1) is 20.7 Å². The van der Waals surface area contributed by atoms with Crippen LogP contribution in [-0.4, -0.2) is 28.4 Å². The number of hydrogen-bond donors (Lipinski definition) is 1. The van der Waals surface area contributed by atoms with E-state index in [0.29, 0.717) is 28.2 Å². The molecule has 0 radical (unpaired) electrons. The number of aromatic nitrogens is 2. The Bertz CT molecular complexity index is 1490. The molecule has 0 saturated carbocycles. The fraction of sp³-hybridized carbons (Fsp3) is 0.0833. The zero-order valence-corrected chi connectivity index (χ0v) is 21.5. The van der Waals surface area contributed by atoms with E-state index in [0.717, 1.165) is 13.6 Å². The predicted molar refractivity (Wildman–Crippen MR) is 141 cm³/mol. The molecule has 1 aromatic heterocycles. The summed E-state index contributed by atoms with van der Waals surface area (Å²) in [6.45, 7) is 1.49. The van der Waals surface area contributed by atoms with Gasteiger partial charge in [0.1, 0.15) is 17.4 Å². The lowest BCUT2D eigenvalue weighted by atomic mass is 10.2. The van der Waals surface area contributed by atoms with Crippen LogP contribution in [0.1, 0.15) is 11.4 Å². The summed E-state index contributed by atoms with van der Waals surface area (Å²) in [7, 11) is 0. The third-order valence-corrected chi connectivity index (χ3v) is 6.05. The monoisotopic (exact) mass is 634 g/mol. The fourth-order valence-corrected chi connectivity index (χ4v) is 4.20. The number of carbonyl (C=O) groups excluding carboxylic acids is 1. The molecule has 1 heterocycles. The van der Waals surface area contributed by atoms with Crippen molar-refractivity contribution in [3.63, 3.8) is 0 Å². The number of benzene rings is 3. The van der Waals surface area contributed by atoms with Crippen LogP contribution in [0.3, 0.4) is 0 Å². The van der Waals surface area contributed by atoms with E-state index < -0.39 is 11.7 Å². The third-order valence-electron chi connectivity index (χ3n) is 4.72. The summed E-state index contributed by atoms with van der Waals surface area (Å²) in [5.74, 6) is 0.139. The number of aryl methyl sites for hydroxylation is 1. The van der Waals surface area contributed by atoms with Gasteiger partial charge in [-0.3, -0.25) is 9.59 Å². The lowest BCUT2D eigenvalue weighted by Crippen LogP contribution is -2.21. The Morgan fingerprint density at radius 2 is 2.06 bits per heavy atom. The van der Waals surface area contributed by atoms with Crippen molar-refractivity contribution in [2.24, 2.45) is 5.10 Å². The van der Waals surface area contributed by atoms with Gasteiger partial charge in [0, 0.05) is 10.2 Å². The van der Waals surface area contributed by atoms with Crippen molar-refractivity contribution in [2.75, 3.05) is 11.9 Å². The zero-order chi connectivity index (χ0) is 24.2. The molecule has 0 unspecified atom stereocenters.